The monoisotopic (exact) mass is 463 g/mol. The molecule has 32 heavy (non-hydrogen) atoms. The van der Waals surface area contributed by atoms with E-state index >= 15 is 0 Å². The highest BCUT2D eigenvalue weighted by Crippen LogP contribution is 2.46. The van der Waals surface area contributed by atoms with Crippen LogP contribution in [0.25, 0.3) is 10.9 Å². The number of fused-ring (bicyclic) bond motifs is 1. The summed E-state index contributed by atoms with van der Waals surface area (Å²) in [5, 5.41) is 20.8. The largest absolute Gasteiger partial charge is 0.508 e. The fourth-order valence-electron chi connectivity index (χ4n) is 4.08. The predicted octanol–water partition coefficient (Wildman–Crippen LogP) is 6.17. The van der Waals surface area contributed by atoms with E-state index in [-0.39, 0.29) is 21.0 Å². The van der Waals surface area contributed by atoms with Crippen molar-refractivity contribution in [3.05, 3.63) is 65.6 Å². The van der Waals surface area contributed by atoms with Crippen LogP contribution >= 0.6 is 0 Å². The Bertz CT molecular complexity index is 1130. The van der Waals surface area contributed by atoms with Gasteiger partial charge in [0.05, 0.1) is 5.52 Å². The number of alkyl halides is 6. The van der Waals surface area contributed by atoms with E-state index in [0.29, 0.717) is 0 Å². The van der Waals surface area contributed by atoms with E-state index in [0.717, 1.165) is 30.3 Å². The van der Waals surface area contributed by atoms with Gasteiger partial charge in [0.25, 0.3) is 0 Å². The Hall–Kier alpha value is -2.75. The molecule has 174 valence electrons. The molecule has 10 heteroatoms. The van der Waals surface area contributed by atoms with Crippen molar-refractivity contribution in [3.8, 4) is 5.75 Å². The number of phenols is 1. The molecule has 1 unspecified atom stereocenters. The molecule has 1 atom stereocenters. The number of para-hydroxylation sites is 1. The highest BCUT2D eigenvalue weighted by atomic mass is 19.4. The van der Waals surface area contributed by atoms with Crippen LogP contribution in [-0.2, 0) is 18.1 Å². The second-order valence-corrected chi connectivity index (χ2v) is 8.43. The van der Waals surface area contributed by atoms with Crippen molar-refractivity contribution in [1.82, 2.24) is 4.57 Å². The van der Waals surface area contributed by atoms with E-state index in [9.17, 15) is 40.9 Å². The molecule has 0 fully saturated rings. The molecular weight excluding hydrogens is 443 g/mol. The SMILES string of the molecule is CC(C)(CC(O)(Cc1cc2ccccc2n1C(F)(F)F)C(F)(F)F)c1cc(F)ccc1O. The lowest BCUT2D eigenvalue weighted by molar-refractivity contribution is -0.268. The summed E-state index contributed by atoms with van der Waals surface area (Å²) in [6.07, 6.45) is -12.9. The van der Waals surface area contributed by atoms with Crippen LogP contribution < -0.4 is 0 Å². The van der Waals surface area contributed by atoms with E-state index in [4.69, 9.17) is 0 Å². The van der Waals surface area contributed by atoms with Crippen molar-refractivity contribution in [3.63, 3.8) is 0 Å². The third-order valence-corrected chi connectivity index (χ3v) is 5.46. The van der Waals surface area contributed by atoms with Crippen LogP contribution in [-0.4, -0.2) is 26.6 Å². The van der Waals surface area contributed by atoms with Crippen molar-refractivity contribution < 1.29 is 40.9 Å². The number of hydrogen-bond donors (Lipinski definition) is 2. The molecule has 0 saturated heterocycles. The Morgan fingerprint density at radius 3 is 2.12 bits per heavy atom. The van der Waals surface area contributed by atoms with E-state index in [1.165, 1.54) is 32.0 Å². The van der Waals surface area contributed by atoms with E-state index in [1.807, 2.05) is 0 Å². The molecule has 2 aromatic carbocycles. The third-order valence-electron chi connectivity index (χ3n) is 5.46. The van der Waals surface area contributed by atoms with Crippen molar-refractivity contribution in [2.75, 3.05) is 0 Å². The fourth-order valence-corrected chi connectivity index (χ4v) is 4.08. The van der Waals surface area contributed by atoms with Gasteiger partial charge in [-0.2, -0.15) is 13.2 Å². The second-order valence-electron chi connectivity index (χ2n) is 8.43. The lowest BCUT2D eigenvalue weighted by atomic mass is 9.73. The molecule has 3 aromatic rings. The van der Waals surface area contributed by atoms with Gasteiger partial charge in [0.15, 0.2) is 5.60 Å². The summed E-state index contributed by atoms with van der Waals surface area (Å²) < 4.78 is 96.7. The maximum atomic E-state index is 14.0. The fraction of sp³-hybridized carbons (Fsp3) is 0.364. The minimum absolute atomic E-state index is 0.0615. The summed E-state index contributed by atoms with van der Waals surface area (Å²) in [6, 6.07) is 8.85. The van der Waals surface area contributed by atoms with Crippen molar-refractivity contribution in [2.45, 2.75) is 50.2 Å². The summed E-state index contributed by atoms with van der Waals surface area (Å²) in [5.74, 6) is -1.32. The van der Waals surface area contributed by atoms with Crippen LogP contribution in [0.4, 0.5) is 30.7 Å². The normalized spacial score (nSPS) is 15.2. The van der Waals surface area contributed by atoms with Gasteiger partial charge in [-0.15, -0.1) is 13.2 Å². The highest BCUT2D eigenvalue weighted by molar-refractivity contribution is 5.81. The summed E-state index contributed by atoms with van der Waals surface area (Å²) in [5.41, 5.74) is -6.59. The smallest absolute Gasteiger partial charge is 0.489 e. The lowest BCUT2D eigenvalue weighted by Gasteiger charge is -2.38. The van der Waals surface area contributed by atoms with Crippen LogP contribution in [0.15, 0.2) is 48.5 Å². The van der Waals surface area contributed by atoms with Gasteiger partial charge in [0.2, 0.25) is 0 Å². The minimum atomic E-state index is -5.32. The number of halogens is 7. The molecular formula is C22H20F7NO2. The maximum Gasteiger partial charge on any atom is 0.489 e. The zero-order valence-corrected chi connectivity index (χ0v) is 17.0. The first-order valence-electron chi connectivity index (χ1n) is 9.50. The van der Waals surface area contributed by atoms with Crippen molar-refractivity contribution in [2.24, 2.45) is 0 Å². The predicted molar refractivity (Wildman–Crippen MR) is 104 cm³/mol. The van der Waals surface area contributed by atoms with Gasteiger partial charge in [-0.25, -0.2) is 4.39 Å². The maximum absolute atomic E-state index is 14.0. The highest BCUT2D eigenvalue weighted by Gasteiger charge is 2.57. The minimum Gasteiger partial charge on any atom is -0.508 e. The molecule has 0 aliphatic rings. The third kappa shape index (κ3) is 4.41. The van der Waals surface area contributed by atoms with Gasteiger partial charge in [-0.1, -0.05) is 32.0 Å². The molecule has 3 nitrogen and oxygen atoms in total. The summed E-state index contributed by atoms with van der Waals surface area (Å²) in [6.45, 7) is 2.47. The molecule has 0 bridgehead atoms. The average Bonchev–Trinajstić information content (AvgIpc) is 2.99. The molecule has 0 amide bonds. The number of phenolic OH excluding ortho intramolecular Hbond substituents is 1. The van der Waals surface area contributed by atoms with Gasteiger partial charge in [0, 0.05) is 23.1 Å². The first-order chi connectivity index (χ1) is 14.6. The molecule has 2 N–H and O–H groups in total. The van der Waals surface area contributed by atoms with E-state index in [2.05, 4.69) is 0 Å². The summed E-state index contributed by atoms with van der Waals surface area (Å²) in [7, 11) is 0. The number of rotatable bonds is 5. The Morgan fingerprint density at radius 1 is 0.906 bits per heavy atom. The standard InChI is InChI=1S/C22H20F7NO2/c1-19(2,16-10-14(23)7-8-18(16)31)12-20(32,21(24,25)26)11-15-9-13-5-3-4-6-17(13)30(15)22(27,28)29/h3-10,31-32H,11-12H2,1-2H3. The van der Waals surface area contributed by atoms with E-state index in [1.54, 1.807) is 0 Å². The Kier molecular flexibility index (Phi) is 5.74. The molecule has 1 heterocycles. The summed E-state index contributed by atoms with van der Waals surface area (Å²) >= 11 is 0. The molecule has 0 aliphatic heterocycles. The quantitative estimate of drug-likeness (QED) is 0.445. The Labute approximate surface area is 178 Å². The molecule has 0 saturated carbocycles. The van der Waals surface area contributed by atoms with Gasteiger partial charge in [-0.3, -0.25) is 4.57 Å². The van der Waals surface area contributed by atoms with Gasteiger partial charge in [-0.05, 0) is 42.2 Å². The second kappa shape index (κ2) is 7.68. The number of aliphatic hydroxyl groups is 1. The number of aromatic hydroxyl groups is 1. The Balaban J connectivity index is 2.11. The topological polar surface area (TPSA) is 45.4 Å². The molecule has 1 aromatic heterocycles. The van der Waals surface area contributed by atoms with Crippen LogP contribution in [0.1, 0.15) is 31.5 Å². The van der Waals surface area contributed by atoms with Gasteiger partial charge in [0.1, 0.15) is 11.6 Å². The number of benzene rings is 2. The summed E-state index contributed by atoms with van der Waals surface area (Å²) in [4.78, 5) is 0. The zero-order valence-electron chi connectivity index (χ0n) is 17.0. The van der Waals surface area contributed by atoms with Crippen molar-refractivity contribution in [1.29, 1.82) is 0 Å². The van der Waals surface area contributed by atoms with Crippen LogP contribution in [0.5, 0.6) is 5.75 Å². The van der Waals surface area contributed by atoms with Crippen LogP contribution in [0.2, 0.25) is 0 Å². The zero-order chi connectivity index (χ0) is 24.1. The van der Waals surface area contributed by atoms with Gasteiger partial charge < -0.3 is 10.2 Å². The number of hydrogen-bond acceptors (Lipinski definition) is 2. The molecule has 3 rings (SSSR count). The lowest BCUT2D eigenvalue weighted by Crippen LogP contribution is -2.51. The first-order valence-corrected chi connectivity index (χ1v) is 9.50. The van der Waals surface area contributed by atoms with Crippen LogP contribution in [0, 0.1) is 5.82 Å². The first kappa shape index (κ1) is 23.9. The number of aromatic nitrogens is 1. The van der Waals surface area contributed by atoms with Gasteiger partial charge >= 0.3 is 12.5 Å². The molecule has 0 aliphatic carbocycles. The van der Waals surface area contributed by atoms with Crippen LogP contribution in [0.3, 0.4) is 0 Å². The van der Waals surface area contributed by atoms with Crippen molar-refractivity contribution >= 4 is 10.9 Å². The average molecular weight is 463 g/mol. The van der Waals surface area contributed by atoms with E-state index < -0.39 is 53.6 Å². The Morgan fingerprint density at radius 2 is 1.53 bits per heavy atom. The molecule has 0 radical (unpaired) electrons. The molecule has 0 spiro atoms. The number of nitrogens with zero attached hydrogens (tertiary/aromatic N) is 1.